The lowest BCUT2D eigenvalue weighted by atomic mass is 9.84. The lowest BCUT2D eigenvalue weighted by Crippen LogP contribution is -2.21. The van der Waals surface area contributed by atoms with Crippen LogP contribution < -0.4 is 10.5 Å². The largest absolute Gasteiger partial charge is 0.420 e. The molecular weight excluding hydrogens is 254 g/mol. The molecule has 0 fully saturated rings. The van der Waals surface area contributed by atoms with Crippen LogP contribution in [0.4, 0.5) is 0 Å². The molecule has 1 aliphatic heterocycles. The molecule has 2 aromatic heterocycles. The first-order valence-corrected chi connectivity index (χ1v) is 6.30. The smallest absolute Gasteiger partial charge is 0.244 e. The van der Waals surface area contributed by atoms with E-state index in [1.165, 1.54) is 0 Å². The lowest BCUT2D eigenvalue weighted by Gasteiger charge is -2.23. The molecule has 0 aromatic carbocycles. The van der Waals surface area contributed by atoms with Gasteiger partial charge in [0.1, 0.15) is 11.6 Å². The molecule has 3 heterocycles. The number of nitrogens with two attached hydrogens (primary N) is 1. The van der Waals surface area contributed by atoms with Crippen molar-refractivity contribution in [2.75, 3.05) is 0 Å². The fourth-order valence-electron chi connectivity index (χ4n) is 2.46. The van der Waals surface area contributed by atoms with Crippen LogP contribution in [0.3, 0.4) is 0 Å². The number of hydrogen-bond donors (Lipinski definition) is 2. The Morgan fingerprint density at radius 1 is 1.55 bits per heavy atom. The van der Waals surface area contributed by atoms with Crippen LogP contribution in [-0.4, -0.2) is 15.2 Å². The van der Waals surface area contributed by atoms with Crippen LogP contribution in [0.5, 0.6) is 5.88 Å². The first-order chi connectivity index (χ1) is 9.76. The monoisotopic (exact) mass is 267 g/mol. The summed E-state index contributed by atoms with van der Waals surface area (Å²) in [6.45, 7) is 2.02. The number of ether oxygens (including phenoxy) is 1. The molecule has 0 saturated heterocycles. The maximum absolute atomic E-state index is 9.40. The molecule has 0 bridgehead atoms. The number of hydrogen-bond acceptors (Lipinski definition) is 5. The zero-order valence-electron chi connectivity index (χ0n) is 10.9. The zero-order chi connectivity index (χ0) is 14.1. The maximum Gasteiger partial charge on any atom is 0.244 e. The van der Waals surface area contributed by atoms with E-state index >= 15 is 0 Å². The summed E-state index contributed by atoms with van der Waals surface area (Å²) in [5, 5.41) is 16.5. The molecule has 0 spiro atoms. The summed E-state index contributed by atoms with van der Waals surface area (Å²) in [5.74, 6) is 0.251. The van der Waals surface area contributed by atoms with Gasteiger partial charge in [0.05, 0.1) is 11.5 Å². The van der Waals surface area contributed by atoms with E-state index < -0.39 is 0 Å². The van der Waals surface area contributed by atoms with Crippen LogP contribution >= 0.6 is 0 Å². The molecule has 20 heavy (non-hydrogen) atoms. The quantitative estimate of drug-likeness (QED) is 0.860. The van der Waals surface area contributed by atoms with Gasteiger partial charge in [0.25, 0.3) is 0 Å². The van der Waals surface area contributed by atoms with Gasteiger partial charge in [-0.15, -0.1) is 5.10 Å². The minimum Gasteiger partial charge on any atom is -0.420 e. The van der Waals surface area contributed by atoms with Crippen molar-refractivity contribution < 1.29 is 4.74 Å². The van der Waals surface area contributed by atoms with E-state index in [0.29, 0.717) is 11.5 Å². The van der Waals surface area contributed by atoms with Gasteiger partial charge in [-0.25, -0.2) is 0 Å². The average Bonchev–Trinajstić information content (AvgIpc) is 2.89. The highest BCUT2D eigenvalue weighted by atomic mass is 16.5. The molecule has 6 heteroatoms. The molecule has 1 atom stereocenters. The van der Waals surface area contributed by atoms with Crippen LogP contribution in [0.2, 0.25) is 0 Å². The van der Waals surface area contributed by atoms with Gasteiger partial charge in [0.15, 0.2) is 0 Å². The van der Waals surface area contributed by atoms with Gasteiger partial charge in [0, 0.05) is 18.1 Å². The average molecular weight is 267 g/mol. The fraction of sp³-hybridized carbons (Fsp3) is 0.214. The predicted molar refractivity (Wildman–Crippen MR) is 71.5 cm³/mol. The number of allylic oxidation sites excluding steroid dienone is 1. The van der Waals surface area contributed by atoms with E-state index in [9.17, 15) is 5.26 Å². The van der Waals surface area contributed by atoms with Gasteiger partial charge in [-0.2, -0.15) is 5.26 Å². The number of rotatable bonds is 2. The number of nitriles is 1. The minimum atomic E-state index is -0.286. The topological polar surface area (TPSA) is 101 Å². The summed E-state index contributed by atoms with van der Waals surface area (Å²) in [7, 11) is 0. The number of H-pyrrole nitrogens is 1. The van der Waals surface area contributed by atoms with E-state index in [-0.39, 0.29) is 11.8 Å². The molecule has 2 aromatic rings. The van der Waals surface area contributed by atoms with E-state index in [1.54, 1.807) is 12.4 Å². The van der Waals surface area contributed by atoms with Gasteiger partial charge < -0.3 is 10.5 Å². The van der Waals surface area contributed by atoms with Crippen molar-refractivity contribution in [3.63, 3.8) is 0 Å². The first-order valence-electron chi connectivity index (χ1n) is 6.30. The van der Waals surface area contributed by atoms with Crippen LogP contribution in [0.1, 0.15) is 29.7 Å². The summed E-state index contributed by atoms with van der Waals surface area (Å²) in [6.07, 6.45) is 4.19. The molecule has 3 rings (SSSR count). The predicted octanol–water partition coefficient (Wildman–Crippen LogP) is 1.59. The molecule has 100 valence electrons. The summed E-state index contributed by atoms with van der Waals surface area (Å²) in [5.41, 5.74) is 8.94. The molecule has 0 saturated carbocycles. The Hall–Kier alpha value is -2.81. The van der Waals surface area contributed by atoms with Crippen molar-refractivity contribution in [2.24, 2.45) is 5.73 Å². The number of nitrogens with one attached hydrogen (secondary N) is 1. The Morgan fingerprint density at radius 2 is 2.40 bits per heavy atom. The minimum absolute atomic E-state index is 0.100. The van der Waals surface area contributed by atoms with Crippen molar-refractivity contribution in [3.8, 4) is 11.9 Å². The molecule has 1 unspecified atom stereocenters. The van der Waals surface area contributed by atoms with E-state index in [1.807, 2.05) is 19.1 Å². The molecular formula is C14H13N5O. The van der Waals surface area contributed by atoms with Crippen molar-refractivity contribution in [1.29, 1.82) is 5.26 Å². The normalized spacial score (nSPS) is 17.3. The number of aromatic nitrogens is 3. The van der Waals surface area contributed by atoms with Crippen molar-refractivity contribution >= 4 is 0 Å². The summed E-state index contributed by atoms with van der Waals surface area (Å²) >= 11 is 0. The summed E-state index contributed by atoms with van der Waals surface area (Å²) in [6, 6.07) is 5.90. The van der Waals surface area contributed by atoms with Crippen molar-refractivity contribution in [3.05, 3.63) is 52.8 Å². The molecule has 1 aliphatic rings. The molecule has 0 aliphatic carbocycles. The second-order valence-corrected chi connectivity index (χ2v) is 4.49. The molecule has 3 N–H and O–H groups in total. The third-order valence-corrected chi connectivity index (χ3v) is 3.39. The Morgan fingerprint density at radius 3 is 3.05 bits per heavy atom. The van der Waals surface area contributed by atoms with Crippen molar-refractivity contribution in [2.45, 2.75) is 19.3 Å². The number of fused-ring (bicyclic) bond motifs is 1. The number of aryl methyl sites for hydroxylation is 1. The fourth-order valence-corrected chi connectivity index (χ4v) is 2.46. The third kappa shape index (κ3) is 1.72. The third-order valence-electron chi connectivity index (χ3n) is 3.39. The van der Waals surface area contributed by atoms with Gasteiger partial charge >= 0.3 is 0 Å². The number of nitrogens with zero attached hydrogens (tertiary/aromatic N) is 3. The van der Waals surface area contributed by atoms with Gasteiger partial charge in [-0.05, 0) is 18.1 Å². The Labute approximate surface area is 115 Å². The lowest BCUT2D eigenvalue weighted by molar-refractivity contribution is 0.378. The second kappa shape index (κ2) is 4.70. The summed E-state index contributed by atoms with van der Waals surface area (Å²) < 4.78 is 5.44. The standard InChI is InChI=1S/C14H13N5O/c1-2-10-12-11(8-4-3-5-17-7-8)9(6-15)13(16)20-14(12)19-18-10/h3-5,7,11H,2,16H2,1H3,(H,18,19). The van der Waals surface area contributed by atoms with Gasteiger partial charge in [-0.1, -0.05) is 13.0 Å². The molecule has 0 amide bonds. The van der Waals surface area contributed by atoms with E-state index in [0.717, 1.165) is 23.2 Å². The van der Waals surface area contributed by atoms with Crippen LogP contribution in [0, 0.1) is 11.3 Å². The Kier molecular flexibility index (Phi) is 2.88. The van der Waals surface area contributed by atoms with Gasteiger partial charge in [0.2, 0.25) is 11.8 Å². The maximum atomic E-state index is 9.40. The van der Waals surface area contributed by atoms with Crippen LogP contribution in [0.15, 0.2) is 36.0 Å². The van der Waals surface area contributed by atoms with Crippen LogP contribution in [-0.2, 0) is 6.42 Å². The SMILES string of the molecule is CCc1[nH]nc2c1C(c1cccnc1)C(C#N)=C(N)O2. The second-order valence-electron chi connectivity index (χ2n) is 4.49. The zero-order valence-corrected chi connectivity index (χ0v) is 10.9. The Balaban J connectivity index is 2.24. The highest BCUT2D eigenvalue weighted by Gasteiger charge is 2.34. The first kappa shape index (κ1) is 12.2. The van der Waals surface area contributed by atoms with Crippen LogP contribution in [0.25, 0.3) is 0 Å². The summed E-state index contributed by atoms with van der Waals surface area (Å²) in [4.78, 5) is 4.12. The molecule has 0 radical (unpaired) electrons. The highest BCUT2D eigenvalue weighted by molar-refractivity contribution is 5.54. The van der Waals surface area contributed by atoms with Crippen molar-refractivity contribution in [1.82, 2.24) is 15.2 Å². The Bertz CT molecular complexity index is 711. The molecule has 6 nitrogen and oxygen atoms in total. The number of aromatic amines is 1. The van der Waals surface area contributed by atoms with E-state index in [4.69, 9.17) is 10.5 Å². The highest BCUT2D eigenvalue weighted by Crippen LogP contribution is 2.42. The van der Waals surface area contributed by atoms with Gasteiger partial charge in [-0.3, -0.25) is 10.1 Å². The number of pyridine rings is 1. The van der Waals surface area contributed by atoms with E-state index in [2.05, 4.69) is 21.3 Å².